The van der Waals surface area contributed by atoms with E-state index in [9.17, 15) is 36.7 Å². The Labute approximate surface area is 237 Å². The molecule has 0 saturated heterocycles. The predicted molar refractivity (Wildman–Crippen MR) is 145 cm³/mol. The summed E-state index contributed by atoms with van der Waals surface area (Å²) in [7, 11) is 4.29. The van der Waals surface area contributed by atoms with Crippen LogP contribution >= 0.6 is 0 Å². The van der Waals surface area contributed by atoms with E-state index in [0.29, 0.717) is 5.69 Å². The van der Waals surface area contributed by atoms with Crippen molar-refractivity contribution in [3.05, 3.63) is 70.2 Å². The average molecular weight is 595 g/mol. The number of methoxy groups -OCH3 is 1. The number of nitrogens with zero attached hydrogens (tertiary/aromatic N) is 3. The number of pyridine rings is 2. The average Bonchev–Trinajstić information content (AvgIpc) is 3.33. The lowest BCUT2D eigenvalue weighted by atomic mass is 10.1. The first kappa shape index (κ1) is 31.8. The SMILES string of the molecule is COC(=O)NC(CC/C=C/C(=O)N(C)C)C(=O)Nc1cccn(Cc2cc3ncc(F)c(CCC(F)(F)F)c3[nH]2)c1=O. The number of ether oxygens (including phenoxy) is 1. The van der Waals surface area contributed by atoms with Crippen LogP contribution in [0.5, 0.6) is 0 Å². The number of anilines is 1. The lowest BCUT2D eigenvalue weighted by Gasteiger charge is -2.17. The van der Waals surface area contributed by atoms with Gasteiger partial charge in [-0.15, -0.1) is 0 Å². The molecule has 0 spiro atoms. The molecule has 3 amide bonds. The van der Waals surface area contributed by atoms with Gasteiger partial charge in [0.05, 0.1) is 30.9 Å². The van der Waals surface area contributed by atoms with Gasteiger partial charge in [-0.25, -0.2) is 9.18 Å². The number of allylic oxidation sites excluding steroid dienone is 1. The van der Waals surface area contributed by atoms with Gasteiger partial charge in [-0.05, 0) is 43.5 Å². The van der Waals surface area contributed by atoms with Crippen LogP contribution < -0.4 is 16.2 Å². The van der Waals surface area contributed by atoms with Gasteiger partial charge in [0, 0.05) is 38.0 Å². The molecule has 0 aliphatic rings. The number of likely N-dealkylation sites (N-methyl/N-ethyl adjacent to an activating group) is 1. The van der Waals surface area contributed by atoms with E-state index in [2.05, 4.69) is 25.3 Å². The Bertz CT molecular complexity index is 1530. The maximum Gasteiger partial charge on any atom is 0.407 e. The molecule has 3 aromatic rings. The summed E-state index contributed by atoms with van der Waals surface area (Å²) in [6.45, 7) is -0.0895. The second-order valence-electron chi connectivity index (χ2n) is 9.50. The summed E-state index contributed by atoms with van der Waals surface area (Å²) < 4.78 is 58.3. The highest BCUT2D eigenvalue weighted by Gasteiger charge is 2.28. The van der Waals surface area contributed by atoms with Crippen molar-refractivity contribution < 1.29 is 36.7 Å². The first-order chi connectivity index (χ1) is 19.8. The summed E-state index contributed by atoms with van der Waals surface area (Å²) in [6.07, 6.45) is -1.64. The summed E-state index contributed by atoms with van der Waals surface area (Å²) >= 11 is 0. The van der Waals surface area contributed by atoms with Gasteiger partial charge < -0.3 is 29.8 Å². The van der Waals surface area contributed by atoms with Gasteiger partial charge in [-0.2, -0.15) is 13.2 Å². The minimum absolute atomic E-state index is 0.0895. The number of amides is 3. The Hall–Kier alpha value is -4.69. The monoisotopic (exact) mass is 594 g/mol. The van der Waals surface area contributed by atoms with E-state index in [1.54, 1.807) is 20.2 Å². The molecule has 15 heteroatoms. The topological polar surface area (TPSA) is 138 Å². The van der Waals surface area contributed by atoms with Crippen molar-refractivity contribution in [3.8, 4) is 0 Å². The quantitative estimate of drug-likeness (QED) is 0.230. The summed E-state index contributed by atoms with van der Waals surface area (Å²) in [5, 5.41) is 4.88. The number of nitrogens with one attached hydrogen (secondary N) is 3. The van der Waals surface area contributed by atoms with Crippen LogP contribution in [0.2, 0.25) is 0 Å². The molecule has 0 aliphatic heterocycles. The number of alkyl halides is 3. The van der Waals surface area contributed by atoms with Gasteiger partial charge in [-0.3, -0.25) is 19.4 Å². The molecule has 42 heavy (non-hydrogen) atoms. The summed E-state index contributed by atoms with van der Waals surface area (Å²) in [6, 6.07) is 3.24. The largest absolute Gasteiger partial charge is 0.453 e. The Kier molecular flexibility index (Phi) is 10.4. The highest BCUT2D eigenvalue weighted by Crippen LogP contribution is 2.27. The zero-order valence-electron chi connectivity index (χ0n) is 23.0. The van der Waals surface area contributed by atoms with Gasteiger partial charge in [0.2, 0.25) is 11.8 Å². The Balaban J connectivity index is 1.78. The van der Waals surface area contributed by atoms with E-state index in [-0.39, 0.29) is 47.6 Å². The minimum atomic E-state index is -4.47. The zero-order valence-corrected chi connectivity index (χ0v) is 23.0. The Morgan fingerprint density at radius 2 is 2.00 bits per heavy atom. The number of aromatic amines is 1. The van der Waals surface area contributed by atoms with Crippen LogP contribution in [0, 0.1) is 5.82 Å². The van der Waals surface area contributed by atoms with Crippen molar-refractivity contribution >= 4 is 34.6 Å². The molecule has 3 rings (SSSR count). The van der Waals surface area contributed by atoms with Crippen molar-refractivity contribution in [2.75, 3.05) is 26.5 Å². The van der Waals surface area contributed by atoms with Gasteiger partial charge >= 0.3 is 12.3 Å². The van der Waals surface area contributed by atoms with Gasteiger partial charge in [0.15, 0.2) is 0 Å². The normalized spacial score (nSPS) is 12.4. The molecule has 0 aliphatic carbocycles. The molecule has 0 saturated carbocycles. The van der Waals surface area contributed by atoms with Gasteiger partial charge in [0.1, 0.15) is 17.5 Å². The predicted octanol–water partition coefficient (Wildman–Crippen LogP) is 3.49. The molecular weight excluding hydrogens is 564 g/mol. The van der Waals surface area contributed by atoms with Crippen LogP contribution in [0.25, 0.3) is 11.0 Å². The Morgan fingerprint density at radius 3 is 2.67 bits per heavy atom. The maximum atomic E-state index is 14.3. The van der Waals surface area contributed by atoms with E-state index in [0.717, 1.165) is 13.3 Å². The molecule has 3 heterocycles. The van der Waals surface area contributed by atoms with Crippen molar-refractivity contribution in [2.45, 2.75) is 44.4 Å². The Morgan fingerprint density at radius 1 is 1.26 bits per heavy atom. The van der Waals surface area contributed by atoms with Gasteiger partial charge in [-0.1, -0.05) is 6.08 Å². The number of halogens is 4. The standard InChI is InChI=1S/C27H30F4N6O5/c1-36(2)22(38)9-5-4-7-19(35-26(41)42-3)24(39)34-20-8-6-12-37(25(20)40)15-16-13-21-23(33-16)17(18(28)14-32-21)10-11-27(29,30)31/h5-6,8-9,12-14,19,33H,4,7,10-11,15H2,1-3H3,(H,34,39)(H,35,41)/b9-5+. The molecule has 226 valence electrons. The molecule has 0 aromatic carbocycles. The lowest BCUT2D eigenvalue weighted by Crippen LogP contribution is -2.44. The number of carbonyl (C=O) groups excluding carboxylic acids is 3. The number of fused-ring (bicyclic) bond motifs is 1. The second-order valence-corrected chi connectivity index (χ2v) is 9.50. The number of aryl methyl sites for hydroxylation is 1. The molecule has 0 bridgehead atoms. The highest BCUT2D eigenvalue weighted by molar-refractivity contribution is 5.96. The summed E-state index contributed by atoms with van der Waals surface area (Å²) in [5.74, 6) is -1.84. The van der Waals surface area contributed by atoms with Crippen LogP contribution in [-0.2, 0) is 27.3 Å². The molecule has 11 nitrogen and oxygen atoms in total. The number of H-pyrrole nitrogens is 1. The smallest absolute Gasteiger partial charge is 0.407 e. The van der Waals surface area contributed by atoms with Crippen molar-refractivity contribution in [1.29, 1.82) is 0 Å². The number of hydrogen-bond donors (Lipinski definition) is 3. The summed E-state index contributed by atoms with van der Waals surface area (Å²) in [4.78, 5) is 57.8. The van der Waals surface area contributed by atoms with Crippen LogP contribution in [0.15, 0.2) is 47.5 Å². The van der Waals surface area contributed by atoms with Crippen molar-refractivity contribution in [3.63, 3.8) is 0 Å². The fourth-order valence-electron chi connectivity index (χ4n) is 3.98. The van der Waals surface area contributed by atoms with E-state index in [1.807, 2.05) is 0 Å². The third-order valence-corrected chi connectivity index (χ3v) is 6.15. The van der Waals surface area contributed by atoms with Crippen molar-refractivity contribution in [1.82, 2.24) is 24.8 Å². The van der Waals surface area contributed by atoms with Gasteiger partial charge in [0.25, 0.3) is 5.56 Å². The lowest BCUT2D eigenvalue weighted by molar-refractivity contribution is -0.134. The second kappa shape index (κ2) is 13.8. The molecule has 3 N–H and O–H groups in total. The third kappa shape index (κ3) is 8.65. The first-order valence-electron chi connectivity index (χ1n) is 12.7. The molecule has 0 radical (unpaired) electrons. The van der Waals surface area contributed by atoms with Crippen molar-refractivity contribution in [2.24, 2.45) is 0 Å². The zero-order chi connectivity index (χ0) is 31.0. The minimum Gasteiger partial charge on any atom is -0.453 e. The molecule has 1 atom stereocenters. The van der Waals surface area contributed by atoms with E-state index in [1.165, 1.54) is 39.9 Å². The van der Waals surface area contributed by atoms with E-state index < -0.39 is 48.4 Å². The van der Waals surface area contributed by atoms with E-state index in [4.69, 9.17) is 0 Å². The number of aromatic nitrogens is 3. The van der Waals surface area contributed by atoms with Crippen LogP contribution in [0.3, 0.4) is 0 Å². The fourth-order valence-corrected chi connectivity index (χ4v) is 3.98. The fraction of sp³-hybridized carbons (Fsp3) is 0.370. The van der Waals surface area contributed by atoms with Crippen LogP contribution in [0.1, 0.15) is 30.5 Å². The molecule has 0 fully saturated rings. The molecule has 3 aromatic heterocycles. The number of alkyl carbamates (subject to hydrolysis) is 1. The molecular formula is C27H30F4N6O5. The van der Waals surface area contributed by atoms with Crippen LogP contribution in [0.4, 0.5) is 28.0 Å². The summed E-state index contributed by atoms with van der Waals surface area (Å²) in [5.41, 5.74) is -0.185. The number of rotatable bonds is 11. The highest BCUT2D eigenvalue weighted by atomic mass is 19.4. The third-order valence-electron chi connectivity index (χ3n) is 6.15. The number of carbonyl (C=O) groups is 3. The maximum absolute atomic E-state index is 14.3. The van der Waals surface area contributed by atoms with Crippen LogP contribution in [-0.4, -0.2) is 70.8 Å². The first-order valence-corrected chi connectivity index (χ1v) is 12.7. The molecule has 1 unspecified atom stereocenters. The number of hydrogen-bond acceptors (Lipinski definition) is 6. The van der Waals surface area contributed by atoms with E-state index >= 15 is 0 Å².